The zero-order valence-electron chi connectivity index (χ0n) is 48.7. The second-order valence-corrected chi connectivity index (χ2v) is 23.8. The molecule has 0 saturated carbocycles. The summed E-state index contributed by atoms with van der Waals surface area (Å²) in [6.45, 7) is 10.7. The van der Waals surface area contributed by atoms with Gasteiger partial charge in [-0.2, -0.15) is 0 Å². The highest BCUT2D eigenvalue weighted by molar-refractivity contribution is 7.10. The highest BCUT2D eigenvalue weighted by Gasteiger charge is 2.43. The van der Waals surface area contributed by atoms with Crippen molar-refractivity contribution in [3.63, 3.8) is 0 Å². The number of piperazine rings is 1. The molecule has 3 aliphatic rings. The fourth-order valence-electron chi connectivity index (χ4n) is 10.2. The van der Waals surface area contributed by atoms with Crippen LogP contribution in [0.3, 0.4) is 0 Å². The Kier molecular flexibility index (Phi) is 24.0. The van der Waals surface area contributed by atoms with Crippen LogP contribution in [0.15, 0.2) is 65.4 Å². The van der Waals surface area contributed by atoms with Crippen LogP contribution in [0.1, 0.15) is 118 Å². The van der Waals surface area contributed by atoms with E-state index < -0.39 is 83.8 Å². The van der Waals surface area contributed by atoms with E-state index in [-0.39, 0.29) is 118 Å². The molecule has 6 N–H and O–H groups in total. The van der Waals surface area contributed by atoms with Crippen molar-refractivity contribution in [3.8, 4) is 0 Å². The van der Waals surface area contributed by atoms with Gasteiger partial charge in [-0.05, 0) is 68.1 Å². The van der Waals surface area contributed by atoms with Crippen molar-refractivity contribution in [1.29, 1.82) is 0 Å². The zero-order valence-corrected chi connectivity index (χ0v) is 50.3. The first-order valence-corrected chi connectivity index (χ1v) is 30.1. The first-order valence-electron chi connectivity index (χ1n) is 28.4. The molecule has 0 radical (unpaired) electrons. The number of aromatic nitrogens is 1. The molecule has 9 amide bonds. The quantitative estimate of drug-likeness (QED) is 0.0277. The van der Waals surface area contributed by atoms with Crippen molar-refractivity contribution in [2.45, 2.75) is 134 Å². The number of likely N-dealkylation sites (N-methyl/N-ethyl adjacent to an activating group) is 3. The number of thiophene rings is 1. The van der Waals surface area contributed by atoms with E-state index in [1.165, 1.54) is 31.5 Å². The summed E-state index contributed by atoms with van der Waals surface area (Å²) in [5.41, 5.74) is 6.48. The van der Waals surface area contributed by atoms with Gasteiger partial charge in [-0.3, -0.25) is 57.7 Å². The first kappa shape index (κ1) is 65.2. The Morgan fingerprint density at radius 2 is 1.49 bits per heavy atom. The number of amides is 9. The lowest BCUT2D eigenvalue weighted by Crippen LogP contribution is -2.60. The van der Waals surface area contributed by atoms with Crippen molar-refractivity contribution in [2.24, 2.45) is 17.6 Å². The van der Waals surface area contributed by atoms with E-state index in [1.807, 2.05) is 57.8 Å². The van der Waals surface area contributed by atoms with Gasteiger partial charge in [0.2, 0.25) is 35.4 Å². The maximum absolute atomic E-state index is 14.8. The molecule has 2 unspecified atom stereocenters. The van der Waals surface area contributed by atoms with E-state index >= 15 is 0 Å². The predicted molar refractivity (Wildman–Crippen MR) is 311 cm³/mol. The summed E-state index contributed by atoms with van der Waals surface area (Å²) in [7, 11) is 4.81. The minimum absolute atomic E-state index is 0.0774. The number of nitrogens with zero attached hydrogens (tertiary/aromatic N) is 7. The Morgan fingerprint density at radius 1 is 0.843 bits per heavy atom. The van der Waals surface area contributed by atoms with Gasteiger partial charge >= 0.3 is 5.97 Å². The number of esters is 1. The third kappa shape index (κ3) is 17.6. The molecular formula is C58H81N11O12S2. The number of carbonyl (C=O) groups is 10. The zero-order chi connectivity index (χ0) is 60.7. The number of thiazole rings is 1. The molecule has 0 spiro atoms. The Balaban J connectivity index is 1.18. The van der Waals surface area contributed by atoms with E-state index in [4.69, 9.17) is 10.5 Å². The average Bonchev–Trinajstić information content (AvgIpc) is 4.01. The molecule has 3 aromatic rings. The maximum Gasteiger partial charge on any atom is 0.303 e. The molecule has 83 heavy (non-hydrogen) atoms. The van der Waals surface area contributed by atoms with Crippen molar-refractivity contribution >= 4 is 81.8 Å². The van der Waals surface area contributed by atoms with Crippen LogP contribution in [0.5, 0.6) is 0 Å². The molecule has 2 aromatic heterocycles. The number of aliphatic hydroxyl groups excluding tert-OH is 1. The maximum atomic E-state index is 14.8. The summed E-state index contributed by atoms with van der Waals surface area (Å²) in [6, 6.07) is 6.70. The highest BCUT2D eigenvalue weighted by Crippen LogP contribution is 2.33. The van der Waals surface area contributed by atoms with Gasteiger partial charge in [-0.15, -0.1) is 22.7 Å². The SMILES string of the molecule is CC[C@H](C)[C@H](NC(=O)[C@H]1CN1C)C(=O)N(C)[C@H](C[C@@H](OC(C)=O)c1nc(C(=O)N(C)[C@H](C(=O)N[C@H](CCCCN)C(=O)N[C@@H](Cc2ccccc2)C(=O)N2CCN(C(=O)CCCN3C(=O)C=CC3=O)CC2)C(O)c2cccs2)cs1)C(C)C. The fraction of sp³-hybridized carbons (Fsp3) is 0.569. The largest absolute Gasteiger partial charge is 0.455 e. The number of hydrogen-bond donors (Lipinski definition) is 5. The summed E-state index contributed by atoms with van der Waals surface area (Å²) in [5.74, 6) is -5.31. The molecule has 2 saturated heterocycles. The Morgan fingerprint density at radius 3 is 2.08 bits per heavy atom. The molecule has 2 fully saturated rings. The molecule has 5 heterocycles. The molecule has 0 bridgehead atoms. The second-order valence-electron chi connectivity index (χ2n) is 21.9. The number of aliphatic hydroxyl groups is 1. The fourth-order valence-corrected chi connectivity index (χ4v) is 11.8. The number of rotatable bonds is 30. The number of hydrogen-bond acceptors (Lipinski definition) is 17. The van der Waals surface area contributed by atoms with Gasteiger partial charge in [0.25, 0.3) is 17.7 Å². The summed E-state index contributed by atoms with van der Waals surface area (Å²) in [6.07, 6.45) is 1.89. The molecular weight excluding hydrogens is 1110 g/mol. The minimum Gasteiger partial charge on any atom is -0.455 e. The summed E-state index contributed by atoms with van der Waals surface area (Å²) in [5, 5.41) is 24.0. The van der Waals surface area contributed by atoms with Crippen LogP contribution in [0.25, 0.3) is 0 Å². The smallest absolute Gasteiger partial charge is 0.303 e. The Labute approximate surface area is 493 Å². The van der Waals surface area contributed by atoms with Crippen LogP contribution in [0, 0.1) is 11.8 Å². The second kappa shape index (κ2) is 30.6. The number of nitrogens with two attached hydrogens (primary N) is 1. The number of imide groups is 1. The molecule has 25 heteroatoms. The molecule has 452 valence electrons. The number of ether oxygens (including phenoxy) is 1. The standard InChI is InChI=1S/C58H81N11O12S2/c1-9-36(4)49(63-53(76)43-33-64(43)6)58(80)65(7)42(35(2)3)32-44(81-37(5)70)55-62-41(34-83-55)56(78)66(8)50(51(74)45-20-16-30-82-45)54(77)60-39(19-13-14-24-59)52(75)61-40(31-38-17-11-10-12-18-38)57(79)68-28-26-67(27-29-68)46(71)21-15-25-69-47(72)22-23-48(69)73/h10-12,16-18,20,22-23,30,34-36,39-40,42-44,49-51,74H,9,13-15,19,21,24-29,31-33,59H2,1-8H3,(H,60,77)(H,61,75)(H,63,76)/t36-,39+,40-,42+,43+,44+,49-,50-,51?,64?/m0/s1. The summed E-state index contributed by atoms with van der Waals surface area (Å²) < 4.78 is 5.84. The van der Waals surface area contributed by atoms with Crippen LogP contribution < -0.4 is 21.7 Å². The normalized spacial score (nSPS) is 18.8. The summed E-state index contributed by atoms with van der Waals surface area (Å²) >= 11 is 2.19. The Bertz CT molecular complexity index is 2770. The third-order valence-electron chi connectivity index (χ3n) is 15.6. The van der Waals surface area contributed by atoms with Crippen LogP contribution >= 0.6 is 22.7 Å². The topological polar surface area (TPSA) is 294 Å². The average molecular weight is 1190 g/mol. The van der Waals surface area contributed by atoms with Crippen molar-refractivity contribution in [2.75, 3.05) is 67.0 Å². The van der Waals surface area contributed by atoms with Crippen molar-refractivity contribution in [1.82, 2.24) is 50.3 Å². The molecule has 6 rings (SSSR count). The van der Waals surface area contributed by atoms with Gasteiger partial charge in [-0.25, -0.2) is 4.98 Å². The van der Waals surface area contributed by atoms with Crippen LogP contribution in [-0.4, -0.2) is 202 Å². The van der Waals surface area contributed by atoms with Crippen LogP contribution in [0.2, 0.25) is 0 Å². The third-order valence-corrected chi connectivity index (χ3v) is 17.4. The van der Waals surface area contributed by atoms with Gasteiger partial charge in [-0.1, -0.05) is 70.5 Å². The number of nitrogens with one attached hydrogen (secondary N) is 3. The van der Waals surface area contributed by atoms with E-state index in [0.29, 0.717) is 30.7 Å². The molecule has 23 nitrogen and oxygen atoms in total. The van der Waals surface area contributed by atoms with E-state index in [9.17, 15) is 53.1 Å². The number of unbranched alkanes of at least 4 members (excludes halogenated alkanes) is 1. The predicted octanol–water partition coefficient (Wildman–Crippen LogP) is 2.42. The van der Waals surface area contributed by atoms with Crippen molar-refractivity contribution < 1.29 is 57.8 Å². The molecule has 0 aliphatic carbocycles. The monoisotopic (exact) mass is 1190 g/mol. The summed E-state index contributed by atoms with van der Waals surface area (Å²) in [4.78, 5) is 149. The lowest BCUT2D eigenvalue weighted by molar-refractivity contribution is -0.149. The van der Waals surface area contributed by atoms with E-state index in [0.717, 1.165) is 38.0 Å². The highest BCUT2D eigenvalue weighted by atomic mass is 32.1. The molecule has 10 atom stereocenters. The van der Waals surface area contributed by atoms with E-state index in [1.54, 1.807) is 51.4 Å². The lowest BCUT2D eigenvalue weighted by atomic mass is 9.93. The Hall–Kier alpha value is -6.93. The molecule has 1 aromatic carbocycles. The van der Waals surface area contributed by atoms with Gasteiger partial charge in [0.15, 0.2) is 6.10 Å². The van der Waals surface area contributed by atoms with Gasteiger partial charge in [0, 0.05) is 108 Å². The van der Waals surface area contributed by atoms with Gasteiger partial charge in [0.05, 0.1) is 0 Å². The number of carbonyl (C=O) groups excluding carboxylic acids is 10. The van der Waals surface area contributed by atoms with Crippen LogP contribution in [0.4, 0.5) is 0 Å². The minimum atomic E-state index is -1.63. The number of benzene rings is 1. The molecule has 3 aliphatic heterocycles. The lowest BCUT2D eigenvalue weighted by Gasteiger charge is -2.37. The van der Waals surface area contributed by atoms with E-state index in [2.05, 4.69) is 20.9 Å². The first-order chi connectivity index (χ1) is 39.5. The van der Waals surface area contributed by atoms with Crippen molar-refractivity contribution in [3.05, 3.63) is 86.5 Å². The van der Waals surface area contributed by atoms with Crippen LogP contribution in [-0.2, 0) is 54.3 Å². The van der Waals surface area contributed by atoms with Gasteiger partial charge in [0.1, 0.15) is 47.0 Å². The van der Waals surface area contributed by atoms with Gasteiger partial charge < -0.3 is 51.1 Å².